The summed E-state index contributed by atoms with van der Waals surface area (Å²) < 4.78 is 21.1. The molecule has 1 heterocycles. The molecule has 0 aliphatic carbocycles. The van der Waals surface area contributed by atoms with Crippen LogP contribution in [0, 0.1) is 0 Å². The van der Waals surface area contributed by atoms with Gasteiger partial charge in [-0.05, 0) is 48.0 Å². The van der Waals surface area contributed by atoms with Crippen molar-refractivity contribution < 1.29 is 23.7 Å². The average Bonchev–Trinajstić information content (AvgIpc) is 3.10. The van der Waals surface area contributed by atoms with Crippen LogP contribution in [0.15, 0.2) is 47.6 Å². The third kappa shape index (κ3) is 4.63. The van der Waals surface area contributed by atoms with E-state index in [-0.39, 0.29) is 25.7 Å². The highest BCUT2D eigenvalue weighted by atomic mass is 16.7. The molecule has 7 heteroatoms. The molecule has 0 saturated carbocycles. The molecule has 0 spiro atoms. The minimum atomic E-state index is -0.231. The second-order valence-corrected chi connectivity index (χ2v) is 5.18. The Morgan fingerprint density at radius 2 is 1.92 bits per heavy atom. The van der Waals surface area contributed by atoms with Gasteiger partial charge in [-0.1, -0.05) is 0 Å². The van der Waals surface area contributed by atoms with Crippen LogP contribution >= 0.6 is 0 Å². The van der Waals surface area contributed by atoms with Gasteiger partial charge >= 0.3 is 0 Å². The van der Waals surface area contributed by atoms with Gasteiger partial charge in [-0.2, -0.15) is 5.10 Å². The number of carbonyl (C=O) groups is 1. The van der Waals surface area contributed by atoms with Crippen LogP contribution in [-0.2, 0) is 4.79 Å². The van der Waals surface area contributed by atoms with Crippen LogP contribution in [0.3, 0.4) is 0 Å². The van der Waals surface area contributed by atoms with Crippen LogP contribution in [0.4, 0.5) is 0 Å². The summed E-state index contributed by atoms with van der Waals surface area (Å²) in [6.07, 6.45) is 1.74. The number of nitrogens with zero attached hydrogens (tertiary/aromatic N) is 1. The van der Waals surface area contributed by atoms with Gasteiger partial charge in [0.05, 0.1) is 26.4 Å². The van der Waals surface area contributed by atoms with E-state index in [0.717, 1.165) is 11.3 Å². The van der Waals surface area contributed by atoms with E-state index in [1.54, 1.807) is 49.7 Å². The first-order chi connectivity index (χ1) is 12.2. The highest BCUT2D eigenvalue weighted by Crippen LogP contribution is 2.31. The molecule has 1 aliphatic heterocycles. The Bertz CT molecular complexity index is 759. The number of hydrogen-bond donors (Lipinski definition) is 1. The molecule has 0 bridgehead atoms. The van der Waals surface area contributed by atoms with Crippen molar-refractivity contribution >= 4 is 12.1 Å². The molecular formula is C18H18N2O5. The van der Waals surface area contributed by atoms with Gasteiger partial charge in [0, 0.05) is 0 Å². The van der Waals surface area contributed by atoms with E-state index in [1.165, 1.54) is 0 Å². The predicted molar refractivity (Wildman–Crippen MR) is 91.4 cm³/mol. The number of ether oxygens (including phenoxy) is 4. The number of methoxy groups -OCH3 is 1. The fraction of sp³-hybridized carbons (Fsp3) is 0.222. The maximum Gasteiger partial charge on any atom is 0.243 e. The Morgan fingerprint density at radius 1 is 1.16 bits per heavy atom. The first-order valence-corrected chi connectivity index (χ1v) is 7.73. The van der Waals surface area contributed by atoms with Crippen LogP contribution in [0.1, 0.15) is 12.0 Å². The number of hydrazone groups is 1. The van der Waals surface area contributed by atoms with Gasteiger partial charge in [-0.3, -0.25) is 4.79 Å². The Hall–Kier alpha value is -3.22. The van der Waals surface area contributed by atoms with Crippen molar-refractivity contribution in [2.45, 2.75) is 6.42 Å². The van der Waals surface area contributed by atoms with Gasteiger partial charge in [0.2, 0.25) is 12.7 Å². The third-order valence-electron chi connectivity index (χ3n) is 3.46. The van der Waals surface area contributed by atoms with E-state index < -0.39 is 0 Å². The van der Waals surface area contributed by atoms with E-state index in [9.17, 15) is 4.79 Å². The van der Waals surface area contributed by atoms with E-state index >= 15 is 0 Å². The zero-order chi connectivity index (χ0) is 17.5. The summed E-state index contributed by atoms with van der Waals surface area (Å²) in [6.45, 7) is 0.485. The molecular weight excluding hydrogens is 324 g/mol. The monoisotopic (exact) mass is 342 g/mol. The van der Waals surface area contributed by atoms with Gasteiger partial charge in [0.25, 0.3) is 0 Å². The second kappa shape index (κ2) is 8.05. The van der Waals surface area contributed by atoms with Crippen molar-refractivity contribution in [1.29, 1.82) is 0 Å². The summed E-state index contributed by atoms with van der Waals surface area (Å²) in [7, 11) is 1.60. The highest BCUT2D eigenvalue weighted by Gasteiger charge is 2.12. The lowest BCUT2D eigenvalue weighted by atomic mass is 10.2. The fourth-order valence-electron chi connectivity index (χ4n) is 2.16. The Labute approximate surface area is 145 Å². The average molecular weight is 342 g/mol. The maximum atomic E-state index is 11.7. The Balaban J connectivity index is 1.40. The molecule has 0 radical (unpaired) electrons. The van der Waals surface area contributed by atoms with E-state index in [0.29, 0.717) is 17.2 Å². The lowest BCUT2D eigenvalue weighted by Gasteiger charge is -2.06. The zero-order valence-electron chi connectivity index (χ0n) is 13.7. The van der Waals surface area contributed by atoms with E-state index in [1.807, 2.05) is 6.07 Å². The zero-order valence-corrected chi connectivity index (χ0v) is 13.7. The molecule has 130 valence electrons. The predicted octanol–water partition coefficient (Wildman–Crippen LogP) is 2.34. The first kappa shape index (κ1) is 16.6. The molecule has 25 heavy (non-hydrogen) atoms. The standard InChI is InChI=1S/C18H18N2O5/c1-22-14-3-5-15(6-4-14)23-9-8-18(21)20-19-11-13-2-7-16-17(10-13)25-12-24-16/h2-7,10-11H,8-9,12H2,1H3,(H,20,21)/b19-11+. The molecule has 2 aromatic rings. The van der Waals surface area contributed by atoms with Crippen molar-refractivity contribution in [3.63, 3.8) is 0 Å². The number of hydrogen-bond acceptors (Lipinski definition) is 6. The van der Waals surface area contributed by atoms with Gasteiger partial charge in [0.15, 0.2) is 11.5 Å². The third-order valence-corrected chi connectivity index (χ3v) is 3.46. The number of amides is 1. The fourth-order valence-corrected chi connectivity index (χ4v) is 2.16. The van der Waals surface area contributed by atoms with Crippen LogP contribution in [-0.4, -0.2) is 32.6 Å². The number of carbonyl (C=O) groups excluding carboxylic acids is 1. The quantitative estimate of drug-likeness (QED) is 0.617. The molecule has 1 N–H and O–H groups in total. The van der Waals surface area contributed by atoms with Crippen molar-refractivity contribution in [3.8, 4) is 23.0 Å². The minimum absolute atomic E-state index is 0.199. The van der Waals surface area contributed by atoms with Crippen LogP contribution in [0.5, 0.6) is 23.0 Å². The summed E-state index contributed by atoms with van der Waals surface area (Å²) in [5.41, 5.74) is 3.27. The molecule has 0 atom stereocenters. The van der Waals surface area contributed by atoms with E-state index in [2.05, 4.69) is 10.5 Å². The topological polar surface area (TPSA) is 78.4 Å². The summed E-state index contributed by atoms with van der Waals surface area (Å²) in [5, 5.41) is 3.92. The largest absolute Gasteiger partial charge is 0.497 e. The molecule has 0 saturated heterocycles. The summed E-state index contributed by atoms with van der Waals surface area (Å²) in [4.78, 5) is 11.7. The van der Waals surface area contributed by atoms with Crippen LogP contribution < -0.4 is 24.4 Å². The molecule has 1 aliphatic rings. The molecule has 1 amide bonds. The normalized spacial score (nSPS) is 12.2. The number of rotatable bonds is 7. The number of benzene rings is 2. The smallest absolute Gasteiger partial charge is 0.243 e. The Kier molecular flexibility index (Phi) is 5.36. The molecule has 3 rings (SSSR count). The first-order valence-electron chi connectivity index (χ1n) is 7.73. The van der Waals surface area contributed by atoms with E-state index in [4.69, 9.17) is 18.9 Å². The lowest BCUT2D eigenvalue weighted by Crippen LogP contribution is -2.19. The molecule has 2 aromatic carbocycles. The highest BCUT2D eigenvalue weighted by molar-refractivity contribution is 5.83. The lowest BCUT2D eigenvalue weighted by molar-refractivity contribution is -0.121. The molecule has 0 fully saturated rings. The molecule has 0 unspecified atom stereocenters. The van der Waals surface area contributed by atoms with Gasteiger partial charge in [0.1, 0.15) is 11.5 Å². The minimum Gasteiger partial charge on any atom is -0.497 e. The van der Waals surface area contributed by atoms with Crippen LogP contribution in [0.2, 0.25) is 0 Å². The molecule has 7 nitrogen and oxygen atoms in total. The van der Waals surface area contributed by atoms with Gasteiger partial charge in [-0.25, -0.2) is 5.43 Å². The summed E-state index contributed by atoms with van der Waals surface area (Å²) >= 11 is 0. The second-order valence-electron chi connectivity index (χ2n) is 5.18. The molecule has 0 aromatic heterocycles. The van der Waals surface area contributed by atoms with Crippen molar-refractivity contribution in [2.24, 2.45) is 5.10 Å². The summed E-state index contributed by atoms with van der Waals surface area (Å²) in [6, 6.07) is 12.6. The van der Waals surface area contributed by atoms with Crippen molar-refractivity contribution in [2.75, 3.05) is 20.5 Å². The maximum absolute atomic E-state index is 11.7. The van der Waals surface area contributed by atoms with Crippen LogP contribution in [0.25, 0.3) is 0 Å². The van der Waals surface area contributed by atoms with Crippen molar-refractivity contribution in [1.82, 2.24) is 5.43 Å². The Morgan fingerprint density at radius 3 is 2.72 bits per heavy atom. The van der Waals surface area contributed by atoms with Gasteiger partial charge < -0.3 is 18.9 Å². The number of fused-ring (bicyclic) bond motifs is 1. The SMILES string of the molecule is COc1ccc(OCCC(=O)N/N=C/c2ccc3c(c2)OCO3)cc1. The number of nitrogens with one attached hydrogen (secondary N) is 1. The van der Waals surface area contributed by atoms with Gasteiger partial charge in [-0.15, -0.1) is 0 Å². The van der Waals surface area contributed by atoms with Crippen molar-refractivity contribution in [3.05, 3.63) is 48.0 Å². The summed E-state index contributed by atoms with van der Waals surface area (Å²) in [5.74, 6) is 2.57.